The molecule has 1 heterocycles. The fourth-order valence-electron chi connectivity index (χ4n) is 3.42. The molecule has 0 spiro atoms. The maximum Gasteiger partial charge on any atom is 0.410 e. The molecule has 0 unspecified atom stereocenters. The van der Waals surface area contributed by atoms with Crippen molar-refractivity contribution in [3.63, 3.8) is 0 Å². The van der Waals surface area contributed by atoms with Gasteiger partial charge in [-0.1, -0.05) is 12.0 Å². The molecule has 170 valence electrons. The van der Waals surface area contributed by atoms with E-state index in [1.807, 2.05) is 20.8 Å². The molecule has 8 nitrogen and oxygen atoms in total. The van der Waals surface area contributed by atoms with Crippen molar-refractivity contribution in [2.45, 2.75) is 51.4 Å². The first-order chi connectivity index (χ1) is 14.7. The summed E-state index contributed by atoms with van der Waals surface area (Å²) in [6.07, 6.45) is 5.83. The Morgan fingerprint density at radius 3 is 2.68 bits per heavy atom. The fraction of sp³-hybridized carbons (Fsp3) is 0.565. The number of hydrogen-bond donors (Lipinski definition) is 1. The number of nitrogens with zero attached hydrogens (tertiary/aromatic N) is 1. The fourth-order valence-corrected chi connectivity index (χ4v) is 3.42. The summed E-state index contributed by atoms with van der Waals surface area (Å²) in [4.78, 5) is 26.6. The highest BCUT2D eigenvalue weighted by atomic mass is 16.6. The van der Waals surface area contributed by atoms with Crippen LogP contribution in [0.2, 0.25) is 0 Å². The lowest BCUT2D eigenvalue weighted by atomic mass is 9.92. The van der Waals surface area contributed by atoms with Crippen LogP contribution >= 0.6 is 0 Å². The zero-order chi connectivity index (χ0) is 23.0. The van der Waals surface area contributed by atoms with Crippen molar-refractivity contribution in [3.05, 3.63) is 29.3 Å². The van der Waals surface area contributed by atoms with Crippen molar-refractivity contribution >= 4 is 12.1 Å². The van der Waals surface area contributed by atoms with E-state index in [0.717, 1.165) is 0 Å². The highest BCUT2D eigenvalue weighted by molar-refractivity contribution is 5.90. The molecule has 1 aliphatic rings. The van der Waals surface area contributed by atoms with Gasteiger partial charge in [0, 0.05) is 12.1 Å². The molecule has 1 amide bonds. The third-order valence-corrected chi connectivity index (χ3v) is 4.73. The first-order valence-corrected chi connectivity index (χ1v) is 10.2. The minimum atomic E-state index is -0.649. The van der Waals surface area contributed by atoms with Crippen LogP contribution in [0.4, 0.5) is 4.79 Å². The normalized spacial score (nSPS) is 18.8. The number of aliphatic hydroxyl groups is 1. The number of piperidine rings is 1. The number of hydrogen-bond acceptors (Lipinski definition) is 7. The van der Waals surface area contributed by atoms with Crippen molar-refractivity contribution in [1.29, 1.82) is 0 Å². The molecule has 1 aromatic rings. The number of ether oxygens (including phenoxy) is 4. The summed E-state index contributed by atoms with van der Waals surface area (Å²) in [6.45, 7) is 5.85. The van der Waals surface area contributed by atoms with Crippen LogP contribution in [0, 0.1) is 12.3 Å². The van der Waals surface area contributed by atoms with Gasteiger partial charge in [-0.15, -0.1) is 6.42 Å². The molecule has 0 aliphatic carbocycles. The molecular weight excluding hydrogens is 402 g/mol. The van der Waals surface area contributed by atoms with Crippen LogP contribution in [0.5, 0.6) is 5.75 Å². The molecule has 1 aromatic carbocycles. The lowest BCUT2D eigenvalue weighted by Crippen LogP contribution is -2.45. The number of methoxy groups -OCH3 is 1. The van der Waals surface area contributed by atoms with E-state index < -0.39 is 23.7 Å². The van der Waals surface area contributed by atoms with Gasteiger partial charge in [0.15, 0.2) is 0 Å². The second-order valence-electron chi connectivity index (χ2n) is 8.17. The largest absolute Gasteiger partial charge is 0.491 e. The molecule has 1 aliphatic heterocycles. The van der Waals surface area contributed by atoms with E-state index in [1.54, 1.807) is 23.1 Å². The zero-order valence-corrected chi connectivity index (χ0v) is 18.6. The third-order valence-electron chi connectivity index (χ3n) is 4.73. The number of amides is 1. The topological polar surface area (TPSA) is 94.5 Å². The molecule has 1 saturated heterocycles. The van der Waals surface area contributed by atoms with Gasteiger partial charge in [0.05, 0.1) is 31.4 Å². The lowest BCUT2D eigenvalue weighted by molar-refractivity contribution is -0.0249. The summed E-state index contributed by atoms with van der Waals surface area (Å²) in [7, 11) is 1.29. The van der Waals surface area contributed by atoms with Gasteiger partial charge in [0.25, 0.3) is 0 Å². The third kappa shape index (κ3) is 6.88. The van der Waals surface area contributed by atoms with E-state index in [9.17, 15) is 14.7 Å². The molecule has 1 N–H and O–H groups in total. The summed E-state index contributed by atoms with van der Waals surface area (Å²) in [5, 5.41) is 9.22. The van der Waals surface area contributed by atoms with Crippen LogP contribution in [0.15, 0.2) is 18.2 Å². The smallest absolute Gasteiger partial charge is 0.410 e. The summed E-state index contributed by atoms with van der Waals surface area (Å²) in [5.41, 5.74) is 0.337. The standard InChI is InChI=1S/C23H31NO7/c1-6-12-29-17-9-10-24(22(27)31-23(2,3)4)19(15-17)18-8-7-16(21(26)28-5)14-20(18)30-13-11-25/h1,7-8,14,17,19,25H,9-13,15H2,2-5H3/t17-,19-/m0/s1. The van der Waals surface area contributed by atoms with E-state index in [0.29, 0.717) is 36.3 Å². The number of esters is 1. The van der Waals surface area contributed by atoms with Gasteiger partial charge >= 0.3 is 12.1 Å². The van der Waals surface area contributed by atoms with Crippen LogP contribution < -0.4 is 4.74 Å². The quantitative estimate of drug-likeness (QED) is 0.522. The second-order valence-corrected chi connectivity index (χ2v) is 8.17. The predicted molar refractivity (Wildman–Crippen MR) is 114 cm³/mol. The second kappa shape index (κ2) is 11.0. The van der Waals surface area contributed by atoms with Gasteiger partial charge in [-0.3, -0.25) is 0 Å². The van der Waals surface area contributed by atoms with E-state index in [-0.39, 0.29) is 25.9 Å². The van der Waals surface area contributed by atoms with Crippen molar-refractivity contribution in [1.82, 2.24) is 4.90 Å². The summed E-state index contributed by atoms with van der Waals surface area (Å²) in [6, 6.07) is 4.47. The highest BCUT2D eigenvalue weighted by Gasteiger charge is 2.37. The number of benzene rings is 1. The van der Waals surface area contributed by atoms with Crippen molar-refractivity contribution in [2.75, 3.05) is 33.5 Å². The molecule has 0 radical (unpaired) electrons. The van der Waals surface area contributed by atoms with Gasteiger partial charge in [-0.05, 0) is 45.7 Å². The zero-order valence-electron chi connectivity index (χ0n) is 18.6. The minimum absolute atomic E-state index is 0.0355. The molecule has 0 bridgehead atoms. The molecule has 0 aromatic heterocycles. The maximum absolute atomic E-state index is 12.9. The van der Waals surface area contributed by atoms with E-state index in [1.165, 1.54) is 7.11 Å². The van der Waals surface area contributed by atoms with Gasteiger partial charge in [0.1, 0.15) is 24.6 Å². The highest BCUT2D eigenvalue weighted by Crippen LogP contribution is 2.38. The van der Waals surface area contributed by atoms with E-state index in [4.69, 9.17) is 25.4 Å². The molecule has 31 heavy (non-hydrogen) atoms. The number of rotatable bonds is 7. The maximum atomic E-state index is 12.9. The van der Waals surface area contributed by atoms with Crippen LogP contribution in [0.3, 0.4) is 0 Å². The van der Waals surface area contributed by atoms with Crippen molar-refractivity contribution in [2.24, 2.45) is 0 Å². The Hall–Kier alpha value is -2.76. The Kier molecular flexibility index (Phi) is 8.72. The number of aliphatic hydroxyl groups excluding tert-OH is 1. The lowest BCUT2D eigenvalue weighted by Gasteiger charge is -2.40. The number of likely N-dealkylation sites (tertiary alicyclic amines) is 1. The minimum Gasteiger partial charge on any atom is -0.491 e. The molecule has 2 rings (SSSR count). The Labute approximate surface area is 183 Å². The average molecular weight is 434 g/mol. The van der Waals surface area contributed by atoms with Crippen molar-refractivity contribution < 1.29 is 33.6 Å². The predicted octanol–water partition coefficient (Wildman–Crippen LogP) is 2.93. The van der Waals surface area contributed by atoms with E-state index in [2.05, 4.69) is 5.92 Å². The first-order valence-electron chi connectivity index (χ1n) is 10.2. The first kappa shape index (κ1) is 24.5. The Balaban J connectivity index is 2.43. The van der Waals surface area contributed by atoms with Crippen LogP contribution in [-0.2, 0) is 14.2 Å². The van der Waals surface area contributed by atoms with Gasteiger partial charge < -0.3 is 29.0 Å². The van der Waals surface area contributed by atoms with Gasteiger partial charge in [-0.2, -0.15) is 0 Å². The number of terminal acetylenes is 1. The monoisotopic (exact) mass is 433 g/mol. The summed E-state index contributed by atoms with van der Waals surface area (Å²) < 4.78 is 21.8. The number of carbonyl (C=O) groups is 2. The molecule has 8 heteroatoms. The van der Waals surface area contributed by atoms with Gasteiger partial charge in [-0.25, -0.2) is 9.59 Å². The summed E-state index contributed by atoms with van der Waals surface area (Å²) in [5.74, 6) is 2.34. The molecular formula is C23H31NO7. The van der Waals surface area contributed by atoms with E-state index >= 15 is 0 Å². The molecule has 0 saturated carbocycles. The summed E-state index contributed by atoms with van der Waals surface area (Å²) >= 11 is 0. The number of carbonyl (C=O) groups excluding carboxylic acids is 2. The average Bonchev–Trinajstić information content (AvgIpc) is 2.74. The van der Waals surface area contributed by atoms with Gasteiger partial charge in [0.2, 0.25) is 0 Å². The Bertz CT molecular complexity index is 809. The van der Waals surface area contributed by atoms with Crippen LogP contribution in [0.1, 0.15) is 55.6 Å². The SMILES string of the molecule is C#CCO[C@H]1CCN(C(=O)OC(C)(C)C)[C@H](c2ccc(C(=O)OC)cc2OCCO)C1. The van der Waals surface area contributed by atoms with Crippen LogP contribution in [-0.4, -0.2) is 67.2 Å². The Morgan fingerprint density at radius 1 is 1.32 bits per heavy atom. The van der Waals surface area contributed by atoms with Crippen molar-refractivity contribution in [3.8, 4) is 18.1 Å². The molecule has 1 fully saturated rings. The van der Waals surface area contributed by atoms with Crippen LogP contribution in [0.25, 0.3) is 0 Å². The molecule has 2 atom stereocenters. The Morgan fingerprint density at radius 2 is 2.06 bits per heavy atom.